The third-order valence-electron chi connectivity index (χ3n) is 5.69. The molecule has 0 radical (unpaired) electrons. The van der Waals surface area contributed by atoms with Gasteiger partial charge < -0.3 is 10.1 Å². The number of carbonyl (C=O) groups is 2. The third-order valence-corrected chi connectivity index (χ3v) is 5.69. The molecule has 0 heterocycles. The fraction of sp³-hybridized carbons (Fsp3) is 0.185. The Balaban J connectivity index is 1.34. The highest BCUT2D eigenvalue weighted by Crippen LogP contribution is 2.44. The average molecular weight is 412 g/mol. The van der Waals surface area contributed by atoms with Gasteiger partial charge in [0.05, 0.1) is 0 Å². The van der Waals surface area contributed by atoms with Gasteiger partial charge in [-0.2, -0.15) is 0 Å². The van der Waals surface area contributed by atoms with Crippen molar-refractivity contribution in [1.82, 2.24) is 5.32 Å². The van der Waals surface area contributed by atoms with E-state index in [0.717, 1.165) is 11.1 Å². The largest absolute Gasteiger partial charge is 0.449 e. The molecule has 4 heteroatoms. The summed E-state index contributed by atoms with van der Waals surface area (Å²) < 4.78 is 5.54. The van der Waals surface area contributed by atoms with Crippen molar-refractivity contribution >= 4 is 18.0 Å². The molecule has 0 saturated heterocycles. The number of alkyl carbamates (subject to hydrolysis) is 1. The van der Waals surface area contributed by atoms with E-state index in [4.69, 9.17) is 4.74 Å². The number of carbonyl (C=O) groups excluding carboxylic acids is 2. The summed E-state index contributed by atoms with van der Waals surface area (Å²) in [7, 11) is 0. The van der Waals surface area contributed by atoms with Gasteiger partial charge in [0.1, 0.15) is 6.61 Å². The number of ketones is 1. The molecule has 3 aromatic rings. The van der Waals surface area contributed by atoms with Gasteiger partial charge in [0.2, 0.25) is 0 Å². The van der Waals surface area contributed by atoms with Crippen LogP contribution in [-0.2, 0) is 4.74 Å². The second-order valence-corrected chi connectivity index (χ2v) is 7.74. The summed E-state index contributed by atoms with van der Waals surface area (Å²) in [6.45, 7) is 4.18. The van der Waals surface area contributed by atoms with E-state index < -0.39 is 6.09 Å². The van der Waals surface area contributed by atoms with Gasteiger partial charge in [-0.05, 0) is 53.3 Å². The topological polar surface area (TPSA) is 55.4 Å². The molecule has 156 valence electrons. The molecule has 0 fully saturated rings. The first-order valence-electron chi connectivity index (χ1n) is 10.4. The van der Waals surface area contributed by atoms with Crippen LogP contribution in [0.15, 0.2) is 72.8 Å². The fourth-order valence-electron chi connectivity index (χ4n) is 4.02. The second kappa shape index (κ2) is 9.00. The summed E-state index contributed by atoms with van der Waals surface area (Å²) in [6, 6.07) is 22.1. The minimum absolute atomic E-state index is 0.0337. The van der Waals surface area contributed by atoms with E-state index >= 15 is 0 Å². The molecule has 4 rings (SSSR count). The van der Waals surface area contributed by atoms with Crippen molar-refractivity contribution in [2.45, 2.75) is 19.8 Å². The van der Waals surface area contributed by atoms with E-state index in [1.807, 2.05) is 61.5 Å². The van der Waals surface area contributed by atoms with Crippen molar-refractivity contribution in [3.8, 4) is 11.1 Å². The first-order chi connectivity index (χ1) is 15.0. The average Bonchev–Trinajstić information content (AvgIpc) is 3.10. The number of rotatable bonds is 6. The minimum atomic E-state index is -0.444. The minimum Gasteiger partial charge on any atom is -0.449 e. The van der Waals surface area contributed by atoms with Gasteiger partial charge in [-0.25, -0.2) is 4.79 Å². The summed E-state index contributed by atoms with van der Waals surface area (Å²) in [5.41, 5.74) is 7.50. The quantitative estimate of drug-likeness (QED) is 0.526. The van der Waals surface area contributed by atoms with E-state index in [9.17, 15) is 9.59 Å². The monoisotopic (exact) mass is 411 g/mol. The highest BCUT2D eigenvalue weighted by atomic mass is 16.5. The maximum absolute atomic E-state index is 12.2. The zero-order valence-corrected chi connectivity index (χ0v) is 17.7. The Kier molecular flexibility index (Phi) is 5.99. The summed E-state index contributed by atoms with van der Waals surface area (Å²) >= 11 is 0. The Labute approximate surface area is 182 Å². The number of hydrogen-bond acceptors (Lipinski definition) is 3. The smallest absolute Gasteiger partial charge is 0.407 e. The molecule has 0 aromatic heterocycles. The normalized spacial score (nSPS) is 12.5. The number of nitrogens with one attached hydrogen (secondary N) is 1. The molecule has 1 aliphatic carbocycles. The Morgan fingerprint density at radius 3 is 2.26 bits per heavy atom. The van der Waals surface area contributed by atoms with Crippen molar-refractivity contribution in [2.24, 2.45) is 0 Å². The molecule has 0 unspecified atom stereocenters. The first-order valence-corrected chi connectivity index (χ1v) is 10.4. The van der Waals surface area contributed by atoms with Crippen LogP contribution in [-0.4, -0.2) is 25.0 Å². The van der Waals surface area contributed by atoms with Gasteiger partial charge in [-0.15, -0.1) is 0 Å². The Morgan fingerprint density at radius 1 is 0.968 bits per heavy atom. The highest BCUT2D eigenvalue weighted by molar-refractivity contribution is 5.94. The lowest BCUT2D eigenvalue weighted by molar-refractivity contribution is 0.101. The van der Waals surface area contributed by atoms with Crippen molar-refractivity contribution in [2.75, 3.05) is 13.2 Å². The van der Waals surface area contributed by atoms with E-state index in [1.165, 1.54) is 22.3 Å². The van der Waals surface area contributed by atoms with Gasteiger partial charge >= 0.3 is 6.09 Å². The summed E-state index contributed by atoms with van der Waals surface area (Å²) in [5, 5.41) is 2.77. The van der Waals surface area contributed by atoms with Crippen molar-refractivity contribution < 1.29 is 14.3 Å². The molecule has 31 heavy (non-hydrogen) atoms. The lowest BCUT2D eigenvalue weighted by atomic mass is 9.98. The van der Waals surface area contributed by atoms with Crippen LogP contribution in [0, 0.1) is 6.92 Å². The van der Waals surface area contributed by atoms with E-state index in [1.54, 1.807) is 6.92 Å². The lowest BCUT2D eigenvalue weighted by Gasteiger charge is -2.14. The molecule has 1 amide bonds. The molecule has 1 aliphatic rings. The van der Waals surface area contributed by atoms with Gasteiger partial charge in [0.15, 0.2) is 5.78 Å². The van der Waals surface area contributed by atoms with Gasteiger partial charge in [0, 0.05) is 18.0 Å². The van der Waals surface area contributed by atoms with Gasteiger partial charge in [-0.3, -0.25) is 4.79 Å². The van der Waals surface area contributed by atoms with Crippen LogP contribution in [0.4, 0.5) is 4.79 Å². The maximum Gasteiger partial charge on any atom is 0.407 e. The van der Waals surface area contributed by atoms with Gasteiger partial charge in [-0.1, -0.05) is 72.8 Å². The predicted octanol–water partition coefficient (Wildman–Crippen LogP) is 5.75. The van der Waals surface area contributed by atoms with Crippen LogP contribution in [0.1, 0.15) is 45.5 Å². The number of Topliss-reactive ketones (excluding diaryl/α,β-unsaturated/α-hetero) is 1. The van der Waals surface area contributed by atoms with Crippen LogP contribution in [0.3, 0.4) is 0 Å². The number of aryl methyl sites for hydroxylation is 1. The Hall–Kier alpha value is -3.66. The van der Waals surface area contributed by atoms with Crippen molar-refractivity contribution in [3.05, 3.63) is 101 Å². The zero-order valence-electron chi connectivity index (χ0n) is 17.7. The number of amides is 1. The van der Waals surface area contributed by atoms with E-state index in [2.05, 4.69) is 29.6 Å². The van der Waals surface area contributed by atoms with Crippen LogP contribution >= 0.6 is 0 Å². The van der Waals surface area contributed by atoms with Crippen LogP contribution < -0.4 is 5.32 Å². The first kappa shape index (κ1) is 20.6. The maximum atomic E-state index is 12.2. The van der Waals surface area contributed by atoms with Crippen molar-refractivity contribution in [3.63, 3.8) is 0 Å². The highest BCUT2D eigenvalue weighted by Gasteiger charge is 2.28. The summed E-state index contributed by atoms with van der Waals surface area (Å²) in [4.78, 5) is 23.8. The molecule has 0 aliphatic heterocycles. The molecule has 3 aromatic carbocycles. The van der Waals surface area contributed by atoms with Crippen molar-refractivity contribution in [1.29, 1.82) is 0 Å². The second-order valence-electron chi connectivity index (χ2n) is 7.74. The molecule has 0 saturated carbocycles. The standard InChI is InChI=1S/C27H25NO3/c1-18-13-14-21(19(2)29)16-20(18)8-7-15-28-27(30)31-17-26-24-11-5-3-9-22(24)23-10-4-6-12-25(23)26/h3-14,16,26H,15,17H2,1-2H3,(H,28,30). The van der Waals surface area contributed by atoms with Crippen LogP contribution in [0.5, 0.6) is 0 Å². The zero-order chi connectivity index (χ0) is 21.8. The molecular formula is C27H25NO3. The molecule has 0 bridgehead atoms. The number of benzene rings is 3. The third kappa shape index (κ3) is 4.43. The SMILES string of the molecule is CC(=O)c1ccc(C)c(C=CCNC(=O)OCC2c3ccccc3-c3ccccc32)c1. The van der Waals surface area contributed by atoms with Crippen LogP contribution in [0.2, 0.25) is 0 Å². The number of ether oxygens (including phenoxy) is 1. The molecular weight excluding hydrogens is 386 g/mol. The fourth-order valence-corrected chi connectivity index (χ4v) is 4.02. The predicted molar refractivity (Wildman–Crippen MR) is 123 cm³/mol. The van der Waals surface area contributed by atoms with Gasteiger partial charge in [0.25, 0.3) is 0 Å². The van der Waals surface area contributed by atoms with Crippen LogP contribution in [0.25, 0.3) is 17.2 Å². The summed E-state index contributed by atoms with van der Waals surface area (Å²) in [6.07, 6.45) is 3.32. The Morgan fingerprint density at radius 2 is 1.61 bits per heavy atom. The van der Waals surface area contributed by atoms with E-state index in [0.29, 0.717) is 18.7 Å². The molecule has 0 atom stereocenters. The Bertz CT molecular complexity index is 1120. The molecule has 1 N–H and O–H groups in total. The molecule has 0 spiro atoms. The molecule has 4 nitrogen and oxygen atoms in total. The lowest BCUT2D eigenvalue weighted by Crippen LogP contribution is -2.26. The summed E-state index contributed by atoms with van der Waals surface area (Å²) in [5.74, 6) is 0.0806. The number of fused-ring (bicyclic) bond motifs is 3. The van der Waals surface area contributed by atoms with E-state index in [-0.39, 0.29) is 11.7 Å². The number of hydrogen-bond donors (Lipinski definition) is 1.